The summed E-state index contributed by atoms with van der Waals surface area (Å²) in [6.45, 7) is 2.85. The summed E-state index contributed by atoms with van der Waals surface area (Å²) in [4.78, 5) is 11.2. The van der Waals surface area contributed by atoms with E-state index in [1.165, 1.54) is 24.3 Å². The summed E-state index contributed by atoms with van der Waals surface area (Å²) in [6, 6.07) is 0. The zero-order valence-corrected chi connectivity index (χ0v) is 9.36. The maximum atomic E-state index is 11.2. The predicted octanol–water partition coefficient (Wildman–Crippen LogP) is 2.02. The molecule has 14 heavy (non-hydrogen) atoms. The van der Waals surface area contributed by atoms with E-state index in [0.29, 0.717) is 5.92 Å². The van der Waals surface area contributed by atoms with E-state index in [1.807, 2.05) is 11.8 Å². The molecule has 0 aromatic carbocycles. The molecule has 80 valence electrons. The van der Waals surface area contributed by atoms with Crippen molar-refractivity contribution < 1.29 is 9.53 Å². The van der Waals surface area contributed by atoms with Crippen LogP contribution in [0.1, 0.15) is 26.2 Å². The third kappa shape index (κ3) is 2.00. The molecule has 1 unspecified atom stereocenters. The SMILES string of the molecule is CC1(C2CCSCC2)CCNC(=O)O1. The Hall–Kier alpha value is -0.380. The molecule has 4 heteroatoms. The molecule has 1 atom stereocenters. The smallest absolute Gasteiger partial charge is 0.407 e. The first-order chi connectivity index (χ1) is 6.71. The van der Waals surface area contributed by atoms with Crippen molar-refractivity contribution in [2.45, 2.75) is 31.8 Å². The number of hydrogen-bond acceptors (Lipinski definition) is 3. The van der Waals surface area contributed by atoms with Crippen LogP contribution in [0.25, 0.3) is 0 Å². The predicted molar refractivity (Wildman–Crippen MR) is 57.6 cm³/mol. The van der Waals surface area contributed by atoms with Crippen molar-refractivity contribution in [1.82, 2.24) is 5.32 Å². The Morgan fingerprint density at radius 1 is 1.50 bits per heavy atom. The van der Waals surface area contributed by atoms with Crippen LogP contribution in [-0.2, 0) is 4.74 Å². The Balaban J connectivity index is 2.01. The minimum atomic E-state index is -0.239. The number of carbonyl (C=O) groups excluding carboxylic acids is 1. The average Bonchev–Trinajstić information content (AvgIpc) is 2.19. The number of ether oxygens (including phenoxy) is 1. The summed E-state index contributed by atoms with van der Waals surface area (Å²) in [5.41, 5.74) is -0.205. The summed E-state index contributed by atoms with van der Waals surface area (Å²) < 4.78 is 5.45. The highest BCUT2D eigenvalue weighted by Gasteiger charge is 2.40. The molecule has 2 heterocycles. The number of thioether (sulfide) groups is 1. The first-order valence-electron chi connectivity index (χ1n) is 5.25. The maximum absolute atomic E-state index is 11.2. The molecule has 2 rings (SSSR count). The van der Waals surface area contributed by atoms with Gasteiger partial charge >= 0.3 is 6.09 Å². The van der Waals surface area contributed by atoms with Crippen molar-refractivity contribution in [3.8, 4) is 0 Å². The van der Waals surface area contributed by atoms with E-state index in [4.69, 9.17) is 4.74 Å². The van der Waals surface area contributed by atoms with Gasteiger partial charge in [-0.25, -0.2) is 4.79 Å². The molecular formula is C10H17NO2S. The number of cyclic esters (lactones) is 1. The second-order valence-corrected chi connectivity index (χ2v) is 5.49. The van der Waals surface area contributed by atoms with Gasteiger partial charge in [0.15, 0.2) is 0 Å². The number of amides is 1. The fraction of sp³-hybridized carbons (Fsp3) is 0.900. The highest BCUT2D eigenvalue weighted by Crippen LogP contribution is 2.37. The Morgan fingerprint density at radius 2 is 2.21 bits per heavy atom. The molecule has 0 bridgehead atoms. The lowest BCUT2D eigenvalue weighted by atomic mass is 9.81. The van der Waals surface area contributed by atoms with Crippen LogP contribution in [0.3, 0.4) is 0 Å². The molecule has 1 amide bonds. The summed E-state index contributed by atoms with van der Waals surface area (Å²) in [5, 5.41) is 2.71. The number of alkyl carbamates (subject to hydrolysis) is 1. The van der Waals surface area contributed by atoms with Crippen molar-refractivity contribution >= 4 is 17.9 Å². The lowest BCUT2D eigenvalue weighted by Crippen LogP contribution is -2.50. The van der Waals surface area contributed by atoms with Gasteiger partial charge in [0.05, 0.1) is 0 Å². The molecule has 0 aliphatic carbocycles. The largest absolute Gasteiger partial charge is 0.443 e. The summed E-state index contributed by atoms with van der Waals surface area (Å²) in [7, 11) is 0. The number of rotatable bonds is 1. The zero-order chi connectivity index (χ0) is 10.0. The van der Waals surface area contributed by atoms with Gasteiger partial charge in [-0.05, 0) is 31.3 Å². The van der Waals surface area contributed by atoms with Crippen molar-refractivity contribution in [1.29, 1.82) is 0 Å². The molecule has 0 aromatic rings. The molecule has 0 radical (unpaired) electrons. The molecule has 1 N–H and O–H groups in total. The Kier molecular flexibility index (Phi) is 2.91. The van der Waals surface area contributed by atoms with Gasteiger partial charge < -0.3 is 10.1 Å². The van der Waals surface area contributed by atoms with Gasteiger partial charge in [0.2, 0.25) is 0 Å². The van der Waals surface area contributed by atoms with Crippen LogP contribution >= 0.6 is 11.8 Å². The van der Waals surface area contributed by atoms with Gasteiger partial charge in [-0.15, -0.1) is 0 Å². The second kappa shape index (κ2) is 4.01. The van der Waals surface area contributed by atoms with E-state index in [2.05, 4.69) is 12.2 Å². The Bertz CT molecular complexity index is 228. The van der Waals surface area contributed by atoms with Gasteiger partial charge in [0.25, 0.3) is 0 Å². The molecule has 2 saturated heterocycles. The maximum Gasteiger partial charge on any atom is 0.407 e. The van der Waals surface area contributed by atoms with E-state index < -0.39 is 0 Å². The van der Waals surface area contributed by atoms with Gasteiger partial charge in [-0.3, -0.25) is 0 Å². The lowest BCUT2D eigenvalue weighted by molar-refractivity contribution is -0.0445. The van der Waals surface area contributed by atoms with Gasteiger partial charge in [-0.1, -0.05) is 0 Å². The molecule has 0 aromatic heterocycles. The van der Waals surface area contributed by atoms with Crippen molar-refractivity contribution in [3.05, 3.63) is 0 Å². The highest BCUT2D eigenvalue weighted by atomic mass is 32.2. The number of nitrogens with one attached hydrogen (secondary N) is 1. The third-order valence-electron chi connectivity index (χ3n) is 3.30. The monoisotopic (exact) mass is 215 g/mol. The molecule has 3 nitrogen and oxygen atoms in total. The number of hydrogen-bond donors (Lipinski definition) is 1. The molecular weight excluding hydrogens is 198 g/mol. The van der Waals surface area contributed by atoms with Crippen LogP contribution in [0.4, 0.5) is 4.79 Å². The summed E-state index contributed by atoms with van der Waals surface area (Å²) >= 11 is 2.01. The van der Waals surface area contributed by atoms with Gasteiger partial charge in [-0.2, -0.15) is 11.8 Å². The topological polar surface area (TPSA) is 38.3 Å². The normalized spacial score (nSPS) is 34.8. The standard InChI is InChI=1S/C10H17NO2S/c1-10(4-5-11-9(12)13-10)8-2-6-14-7-3-8/h8H,2-7H2,1H3,(H,11,12). The van der Waals surface area contributed by atoms with Crippen LogP contribution < -0.4 is 5.32 Å². The van der Waals surface area contributed by atoms with E-state index in [0.717, 1.165) is 13.0 Å². The molecule has 0 spiro atoms. The van der Waals surface area contributed by atoms with E-state index in [1.54, 1.807) is 0 Å². The molecule has 2 fully saturated rings. The Labute approximate surface area is 89.0 Å². The fourth-order valence-electron chi connectivity index (χ4n) is 2.31. The number of carbonyl (C=O) groups is 1. The quantitative estimate of drug-likeness (QED) is 0.727. The van der Waals surface area contributed by atoms with Crippen LogP contribution in [0, 0.1) is 5.92 Å². The highest BCUT2D eigenvalue weighted by molar-refractivity contribution is 7.99. The van der Waals surface area contributed by atoms with E-state index in [-0.39, 0.29) is 11.7 Å². The summed E-state index contributed by atoms with van der Waals surface area (Å²) in [6.07, 6.45) is 3.09. The molecule has 2 aliphatic heterocycles. The second-order valence-electron chi connectivity index (χ2n) is 4.27. The minimum Gasteiger partial charge on any atom is -0.443 e. The molecule has 2 aliphatic rings. The minimum absolute atomic E-state index is 0.205. The first kappa shape index (κ1) is 10.1. The van der Waals surface area contributed by atoms with Crippen LogP contribution in [0.15, 0.2) is 0 Å². The van der Waals surface area contributed by atoms with Crippen LogP contribution in [0.2, 0.25) is 0 Å². The van der Waals surface area contributed by atoms with Crippen molar-refractivity contribution in [2.75, 3.05) is 18.1 Å². The fourth-order valence-corrected chi connectivity index (χ4v) is 3.41. The van der Waals surface area contributed by atoms with Crippen LogP contribution in [-0.4, -0.2) is 29.7 Å². The van der Waals surface area contributed by atoms with Crippen molar-refractivity contribution in [2.24, 2.45) is 5.92 Å². The van der Waals surface area contributed by atoms with E-state index >= 15 is 0 Å². The lowest BCUT2D eigenvalue weighted by Gasteiger charge is -2.41. The van der Waals surface area contributed by atoms with Gasteiger partial charge in [0.1, 0.15) is 5.60 Å². The summed E-state index contributed by atoms with van der Waals surface area (Å²) in [5.74, 6) is 2.99. The van der Waals surface area contributed by atoms with Gasteiger partial charge in [0, 0.05) is 18.9 Å². The van der Waals surface area contributed by atoms with E-state index in [9.17, 15) is 4.79 Å². The zero-order valence-electron chi connectivity index (χ0n) is 8.54. The van der Waals surface area contributed by atoms with Crippen molar-refractivity contribution in [3.63, 3.8) is 0 Å². The molecule has 0 saturated carbocycles. The Morgan fingerprint density at radius 3 is 2.86 bits per heavy atom. The third-order valence-corrected chi connectivity index (χ3v) is 4.35. The first-order valence-corrected chi connectivity index (χ1v) is 6.41. The van der Waals surface area contributed by atoms with Crippen LogP contribution in [0.5, 0.6) is 0 Å². The average molecular weight is 215 g/mol.